The molecular weight excluding hydrogens is 220 g/mol. The molecular formula is C16H34N2. The van der Waals surface area contributed by atoms with E-state index >= 15 is 0 Å². The zero-order valence-electron chi connectivity index (χ0n) is 13.1. The van der Waals surface area contributed by atoms with Crippen molar-refractivity contribution >= 4 is 0 Å². The second-order valence-corrected chi connectivity index (χ2v) is 7.51. The molecule has 1 aliphatic carbocycles. The molecule has 0 aromatic carbocycles. The first-order chi connectivity index (χ1) is 8.36. The van der Waals surface area contributed by atoms with Crippen LogP contribution >= 0.6 is 0 Å². The van der Waals surface area contributed by atoms with E-state index < -0.39 is 0 Å². The van der Waals surface area contributed by atoms with Gasteiger partial charge in [-0.2, -0.15) is 0 Å². The fourth-order valence-electron chi connectivity index (χ4n) is 3.31. The van der Waals surface area contributed by atoms with Crippen molar-refractivity contribution in [2.75, 3.05) is 13.1 Å². The van der Waals surface area contributed by atoms with Gasteiger partial charge in [0.15, 0.2) is 0 Å². The standard InChI is InChI=1S/C16H34N2/c1-12(2)13(10-17)11-18-15-9-7-6-8-14(15)16(3,4)5/h12-15,18H,6-11,17H2,1-5H3. The van der Waals surface area contributed by atoms with Gasteiger partial charge < -0.3 is 11.1 Å². The molecule has 3 unspecified atom stereocenters. The summed E-state index contributed by atoms with van der Waals surface area (Å²) in [6, 6.07) is 0.701. The van der Waals surface area contributed by atoms with Crippen LogP contribution in [0.1, 0.15) is 60.3 Å². The Labute approximate surface area is 114 Å². The molecule has 1 aliphatic rings. The van der Waals surface area contributed by atoms with Gasteiger partial charge in [-0.25, -0.2) is 0 Å². The van der Waals surface area contributed by atoms with Gasteiger partial charge in [0.2, 0.25) is 0 Å². The highest BCUT2D eigenvalue weighted by molar-refractivity contribution is 4.88. The summed E-state index contributed by atoms with van der Waals surface area (Å²) in [4.78, 5) is 0. The second-order valence-electron chi connectivity index (χ2n) is 7.51. The summed E-state index contributed by atoms with van der Waals surface area (Å²) in [6.07, 6.45) is 5.53. The van der Waals surface area contributed by atoms with Gasteiger partial charge in [-0.15, -0.1) is 0 Å². The highest BCUT2D eigenvalue weighted by Crippen LogP contribution is 2.38. The Morgan fingerprint density at radius 1 is 1.17 bits per heavy atom. The van der Waals surface area contributed by atoms with Gasteiger partial charge in [0.1, 0.15) is 0 Å². The maximum absolute atomic E-state index is 5.87. The Kier molecular flexibility index (Phi) is 6.13. The lowest BCUT2D eigenvalue weighted by Gasteiger charge is -2.41. The summed E-state index contributed by atoms with van der Waals surface area (Å²) in [5, 5.41) is 3.83. The molecule has 2 nitrogen and oxygen atoms in total. The Morgan fingerprint density at radius 3 is 2.28 bits per heavy atom. The third-order valence-corrected chi connectivity index (χ3v) is 4.77. The molecule has 0 heterocycles. The molecule has 18 heavy (non-hydrogen) atoms. The van der Waals surface area contributed by atoms with E-state index in [9.17, 15) is 0 Å². The van der Waals surface area contributed by atoms with Crippen molar-refractivity contribution < 1.29 is 0 Å². The maximum Gasteiger partial charge on any atom is 0.0100 e. The average molecular weight is 254 g/mol. The summed E-state index contributed by atoms with van der Waals surface area (Å²) in [6.45, 7) is 13.6. The zero-order chi connectivity index (χ0) is 13.8. The summed E-state index contributed by atoms with van der Waals surface area (Å²) in [5.74, 6) is 2.11. The summed E-state index contributed by atoms with van der Waals surface area (Å²) < 4.78 is 0. The molecule has 2 heteroatoms. The summed E-state index contributed by atoms with van der Waals surface area (Å²) in [7, 11) is 0. The molecule has 0 spiro atoms. The van der Waals surface area contributed by atoms with E-state index in [2.05, 4.69) is 39.9 Å². The lowest BCUT2D eigenvalue weighted by molar-refractivity contribution is 0.126. The van der Waals surface area contributed by atoms with Gasteiger partial charge in [0.25, 0.3) is 0 Å². The average Bonchev–Trinajstić information content (AvgIpc) is 2.28. The zero-order valence-corrected chi connectivity index (χ0v) is 13.1. The Bertz CT molecular complexity index is 230. The van der Waals surface area contributed by atoms with Gasteiger partial charge in [0.05, 0.1) is 0 Å². The van der Waals surface area contributed by atoms with Gasteiger partial charge >= 0.3 is 0 Å². The number of nitrogens with two attached hydrogens (primary N) is 1. The van der Waals surface area contributed by atoms with Crippen LogP contribution in [0, 0.1) is 23.2 Å². The van der Waals surface area contributed by atoms with E-state index in [1.807, 2.05) is 0 Å². The lowest BCUT2D eigenvalue weighted by atomic mass is 9.69. The predicted octanol–water partition coefficient (Wildman–Crippen LogP) is 3.41. The Morgan fingerprint density at radius 2 is 1.78 bits per heavy atom. The first kappa shape index (κ1) is 16.0. The summed E-state index contributed by atoms with van der Waals surface area (Å²) in [5.41, 5.74) is 6.29. The molecule has 3 N–H and O–H groups in total. The third kappa shape index (κ3) is 4.55. The van der Waals surface area contributed by atoms with E-state index in [1.54, 1.807) is 0 Å². The van der Waals surface area contributed by atoms with Crippen molar-refractivity contribution in [3.8, 4) is 0 Å². The van der Waals surface area contributed by atoms with Crippen LogP contribution in [0.2, 0.25) is 0 Å². The monoisotopic (exact) mass is 254 g/mol. The van der Waals surface area contributed by atoms with Crippen molar-refractivity contribution in [1.82, 2.24) is 5.32 Å². The fraction of sp³-hybridized carbons (Fsp3) is 1.00. The van der Waals surface area contributed by atoms with Crippen LogP contribution in [0.25, 0.3) is 0 Å². The second kappa shape index (κ2) is 6.91. The normalized spacial score (nSPS) is 27.5. The lowest BCUT2D eigenvalue weighted by Crippen LogP contribution is -2.47. The molecule has 0 saturated heterocycles. The molecule has 1 fully saturated rings. The molecule has 3 atom stereocenters. The molecule has 0 aromatic rings. The Hall–Kier alpha value is -0.0800. The molecule has 0 aliphatic heterocycles. The van der Waals surface area contributed by atoms with E-state index in [0.717, 1.165) is 19.0 Å². The van der Waals surface area contributed by atoms with Crippen LogP contribution in [0.5, 0.6) is 0 Å². The van der Waals surface area contributed by atoms with Crippen LogP contribution in [-0.2, 0) is 0 Å². The molecule has 1 rings (SSSR count). The maximum atomic E-state index is 5.87. The number of hydrogen-bond donors (Lipinski definition) is 2. The van der Waals surface area contributed by atoms with Crippen molar-refractivity contribution in [2.24, 2.45) is 28.9 Å². The molecule has 0 bridgehead atoms. The van der Waals surface area contributed by atoms with Gasteiger partial charge in [0, 0.05) is 6.04 Å². The van der Waals surface area contributed by atoms with Crippen molar-refractivity contribution in [2.45, 2.75) is 66.3 Å². The molecule has 1 saturated carbocycles. The van der Waals surface area contributed by atoms with Crippen molar-refractivity contribution in [1.29, 1.82) is 0 Å². The molecule has 0 aromatic heterocycles. The van der Waals surface area contributed by atoms with Gasteiger partial charge in [-0.1, -0.05) is 47.5 Å². The van der Waals surface area contributed by atoms with Crippen molar-refractivity contribution in [3.63, 3.8) is 0 Å². The number of rotatable bonds is 5. The molecule has 108 valence electrons. The third-order valence-electron chi connectivity index (χ3n) is 4.77. The number of nitrogens with one attached hydrogen (secondary N) is 1. The highest BCUT2D eigenvalue weighted by Gasteiger charge is 2.34. The van der Waals surface area contributed by atoms with E-state index in [-0.39, 0.29) is 0 Å². The fourth-order valence-corrected chi connectivity index (χ4v) is 3.31. The first-order valence-electron chi connectivity index (χ1n) is 7.79. The highest BCUT2D eigenvalue weighted by atomic mass is 14.9. The largest absolute Gasteiger partial charge is 0.330 e. The van der Waals surface area contributed by atoms with Gasteiger partial charge in [-0.05, 0) is 49.1 Å². The Balaban J connectivity index is 2.52. The smallest absolute Gasteiger partial charge is 0.0100 e. The van der Waals surface area contributed by atoms with Crippen LogP contribution in [-0.4, -0.2) is 19.1 Å². The number of hydrogen-bond acceptors (Lipinski definition) is 2. The van der Waals surface area contributed by atoms with Crippen LogP contribution < -0.4 is 11.1 Å². The van der Waals surface area contributed by atoms with Gasteiger partial charge in [-0.3, -0.25) is 0 Å². The summed E-state index contributed by atoms with van der Waals surface area (Å²) >= 11 is 0. The molecule has 0 radical (unpaired) electrons. The van der Waals surface area contributed by atoms with E-state index in [4.69, 9.17) is 5.73 Å². The predicted molar refractivity (Wildman–Crippen MR) is 80.6 cm³/mol. The van der Waals surface area contributed by atoms with Crippen molar-refractivity contribution in [3.05, 3.63) is 0 Å². The molecule has 0 amide bonds. The first-order valence-corrected chi connectivity index (χ1v) is 7.79. The van der Waals surface area contributed by atoms with E-state index in [0.29, 0.717) is 23.3 Å². The minimum absolute atomic E-state index is 0.425. The minimum atomic E-state index is 0.425. The SMILES string of the molecule is CC(C)C(CN)CNC1CCCCC1C(C)(C)C. The quantitative estimate of drug-likeness (QED) is 0.789. The van der Waals surface area contributed by atoms with Crippen LogP contribution in [0.3, 0.4) is 0 Å². The minimum Gasteiger partial charge on any atom is -0.330 e. The van der Waals surface area contributed by atoms with Crippen LogP contribution in [0.15, 0.2) is 0 Å². The van der Waals surface area contributed by atoms with E-state index in [1.165, 1.54) is 25.7 Å². The van der Waals surface area contributed by atoms with Crippen LogP contribution in [0.4, 0.5) is 0 Å². The topological polar surface area (TPSA) is 38.0 Å².